The van der Waals surface area contributed by atoms with Crippen molar-refractivity contribution in [2.45, 2.75) is 85.0 Å². The number of hydrogen-bond donors (Lipinski definition) is 0. The summed E-state index contributed by atoms with van der Waals surface area (Å²) in [6.45, 7) is 21.8. The normalized spacial score (nSPS) is 23.1. The summed E-state index contributed by atoms with van der Waals surface area (Å²) < 4.78 is 6.41. The minimum atomic E-state index is -1.75. The highest BCUT2D eigenvalue weighted by atomic mass is 28.4. The molecular formula is C21H37NO2Si. The minimum absolute atomic E-state index is 0.0374. The Morgan fingerprint density at radius 2 is 1.76 bits per heavy atom. The average molecular weight is 364 g/mol. The first-order valence-corrected chi connectivity index (χ1v) is 12.4. The van der Waals surface area contributed by atoms with Gasteiger partial charge in [0.15, 0.2) is 14.1 Å². The molecule has 0 aromatic heterocycles. The molecule has 25 heavy (non-hydrogen) atoms. The van der Waals surface area contributed by atoms with Crippen molar-refractivity contribution in [1.29, 1.82) is 0 Å². The van der Waals surface area contributed by atoms with Gasteiger partial charge in [-0.15, -0.1) is 0 Å². The fraction of sp³-hybridized carbons (Fsp3) is 0.762. The number of allylic oxidation sites excluding steroid dienone is 3. The lowest BCUT2D eigenvalue weighted by Crippen LogP contribution is -2.50. The molecule has 0 atom stereocenters. The third-order valence-corrected chi connectivity index (χ3v) is 10.7. The molecule has 0 amide bonds. The van der Waals surface area contributed by atoms with Crippen LogP contribution in [-0.4, -0.2) is 37.7 Å². The van der Waals surface area contributed by atoms with Gasteiger partial charge in [0.25, 0.3) is 0 Å². The highest BCUT2D eigenvalue weighted by Crippen LogP contribution is 2.43. The monoisotopic (exact) mass is 363 g/mol. The lowest BCUT2D eigenvalue weighted by molar-refractivity contribution is -0.118. The molecule has 1 aliphatic heterocycles. The Kier molecular flexibility index (Phi) is 5.22. The average Bonchev–Trinajstić information content (AvgIpc) is 2.38. The maximum absolute atomic E-state index is 12.6. The third-order valence-electron chi connectivity index (χ3n) is 6.16. The van der Waals surface area contributed by atoms with Crippen molar-refractivity contribution in [1.82, 2.24) is 4.90 Å². The van der Waals surface area contributed by atoms with Crippen LogP contribution in [0.25, 0.3) is 0 Å². The quantitative estimate of drug-likeness (QED) is 0.635. The van der Waals surface area contributed by atoms with E-state index >= 15 is 0 Å². The summed E-state index contributed by atoms with van der Waals surface area (Å²) in [6.07, 6.45) is 5.83. The zero-order chi connectivity index (χ0) is 19.3. The highest BCUT2D eigenvalue weighted by molar-refractivity contribution is 6.74. The van der Waals surface area contributed by atoms with Gasteiger partial charge in [0, 0.05) is 24.2 Å². The molecule has 0 fully saturated rings. The SMILES string of the molecule is CC1(C)CC(=O)C2=C(C1)N(CCO[Si](C)(C)C(C)(C)C)C(C)(C)C=C2. The van der Waals surface area contributed by atoms with Crippen LogP contribution in [0.4, 0.5) is 0 Å². The Bertz CT molecular complexity index is 606. The molecule has 0 spiro atoms. The molecule has 3 nitrogen and oxygen atoms in total. The summed E-state index contributed by atoms with van der Waals surface area (Å²) >= 11 is 0. The van der Waals surface area contributed by atoms with Gasteiger partial charge in [-0.25, -0.2) is 0 Å². The van der Waals surface area contributed by atoms with Crippen LogP contribution in [0, 0.1) is 5.41 Å². The molecule has 0 aromatic carbocycles. The summed E-state index contributed by atoms with van der Waals surface area (Å²) in [4.78, 5) is 15.0. The van der Waals surface area contributed by atoms with E-state index < -0.39 is 8.32 Å². The number of rotatable bonds is 4. The highest BCUT2D eigenvalue weighted by Gasteiger charge is 2.41. The number of carbonyl (C=O) groups is 1. The number of ketones is 1. The summed E-state index contributed by atoms with van der Waals surface area (Å²) in [5, 5.41) is 0.220. The van der Waals surface area contributed by atoms with Crippen molar-refractivity contribution < 1.29 is 9.22 Å². The van der Waals surface area contributed by atoms with Crippen LogP contribution in [0.2, 0.25) is 18.1 Å². The van der Waals surface area contributed by atoms with E-state index in [9.17, 15) is 4.79 Å². The van der Waals surface area contributed by atoms with Crippen molar-refractivity contribution >= 4 is 14.1 Å². The van der Waals surface area contributed by atoms with Crippen LogP contribution in [0.15, 0.2) is 23.4 Å². The molecule has 1 heterocycles. The van der Waals surface area contributed by atoms with Crippen LogP contribution < -0.4 is 0 Å². The Balaban J connectivity index is 2.20. The molecule has 0 bridgehead atoms. The standard InChI is InChI=1S/C21H37NO2Si/c1-19(2,3)25(8,9)24-13-12-22-17-14-20(4,5)15-18(23)16(17)10-11-21(22,6)7/h10-11H,12-15H2,1-9H3. The summed E-state index contributed by atoms with van der Waals surface area (Å²) in [5.74, 6) is 0.285. The topological polar surface area (TPSA) is 29.5 Å². The molecule has 0 saturated heterocycles. The van der Waals surface area contributed by atoms with Gasteiger partial charge in [0.2, 0.25) is 0 Å². The minimum Gasteiger partial charge on any atom is -0.415 e. The predicted molar refractivity (Wildman–Crippen MR) is 108 cm³/mol. The second-order valence-electron chi connectivity index (χ2n) is 10.5. The van der Waals surface area contributed by atoms with Crippen LogP contribution in [0.5, 0.6) is 0 Å². The zero-order valence-electron chi connectivity index (χ0n) is 17.7. The summed E-state index contributed by atoms with van der Waals surface area (Å²) in [7, 11) is -1.75. The van der Waals surface area contributed by atoms with Crippen LogP contribution in [0.1, 0.15) is 61.3 Å². The van der Waals surface area contributed by atoms with Gasteiger partial charge in [-0.3, -0.25) is 4.79 Å². The molecule has 1 aliphatic carbocycles. The zero-order valence-corrected chi connectivity index (χ0v) is 18.7. The third kappa shape index (κ3) is 4.28. The van der Waals surface area contributed by atoms with E-state index in [1.165, 1.54) is 5.70 Å². The first-order chi connectivity index (χ1) is 11.2. The van der Waals surface area contributed by atoms with Crippen LogP contribution in [0.3, 0.4) is 0 Å². The first-order valence-electron chi connectivity index (χ1n) is 9.54. The number of Topliss-reactive ketones (excluding diaryl/α,β-unsaturated/α-hetero) is 1. The van der Waals surface area contributed by atoms with Crippen LogP contribution in [-0.2, 0) is 9.22 Å². The van der Waals surface area contributed by atoms with Crippen LogP contribution >= 0.6 is 0 Å². The van der Waals surface area contributed by atoms with Gasteiger partial charge in [-0.1, -0.05) is 46.8 Å². The van der Waals surface area contributed by atoms with E-state index in [0.717, 1.165) is 25.1 Å². The van der Waals surface area contributed by atoms with Crippen molar-refractivity contribution in [3.05, 3.63) is 23.4 Å². The Hall–Kier alpha value is -0.873. The number of nitrogens with zero attached hydrogens (tertiary/aromatic N) is 1. The lowest BCUT2D eigenvalue weighted by Gasteiger charge is -2.47. The maximum atomic E-state index is 12.6. The van der Waals surface area contributed by atoms with E-state index in [2.05, 4.69) is 78.6 Å². The van der Waals surface area contributed by atoms with Gasteiger partial charge < -0.3 is 9.33 Å². The van der Waals surface area contributed by atoms with Gasteiger partial charge in [-0.05, 0) is 43.8 Å². The van der Waals surface area contributed by atoms with Gasteiger partial charge in [-0.2, -0.15) is 0 Å². The molecular weight excluding hydrogens is 326 g/mol. The maximum Gasteiger partial charge on any atom is 0.192 e. The number of carbonyl (C=O) groups excluding carboxylic acids is 1. The molecule has 2 aliphatic rings. The number of hydrogen-bond acceptors (Lipinski definition) is 3. The predicted octanol–water partition coefficient (Wildman–Crippen LogP) is 5.30. The molecule has 142 valence electrons. The summed E-state index contributed by atoms with van der Waals surface area (Å²) in [5.41, 5.74) is 2.09. The molecule has 0 radical (unpaired) electrons. The Morgan fingerprint density at radius 1 is 1.16 bits per heavy atom. The van der Waals surface area contributed by atoms with E-state index in [0.29, 0.717) is 6.42 Å². The molecule has 0 aromatic rings. The van der Waals surface area contributed by atoms with E-state index in [-0.39, 0.29) is 21.8 Å². The second-order valence-corrected chi connectivity index (χ2v) is 15.4. The molecule has 0 unspecified atom stereocenters. The summed E-state index contributed by atoms with van der Waals surface area (Å²) in [6, 6.07) is 0. The fourth-order valence-corrected chi connectivity index (χ4v) is 4.52. The fourth-order valence-electron chi connectivity index (χ4n) is 3.49. The van der Waals surface area contributed by atoms with Crippen molar-refractivity contribution in [2.24, 2.45) is 5.41 Å². The Morgan fingerprint density at radius 3 is 2.32 bits per heavy atom. The first kappa shape index (κ1) is 20.4. The lowest BCUT2D eigenvalue weighted by atomic mass is 9.73. The van der Waals surface area contributed by atoms with E-state index in [1.54, 1.807) is 0 Å². The Labute approximate surface area is 155 Å². The second kappa shape index (κ2) is 6.38. The molecule has 0 N–H and O–H groups in total. The van der Waals surface area contributed by atoms with Gasteiger partial charge >= 0.3 is 0 Å². The molecule has 4 heteroatoms. The largest absolute Gasteiger partial charge is 0.415 e. The van der Waals surface area contributed by atoms with Gasteiger partial charge in [0.05, 0.1) is 12.1 Å². The van der Waals surface area contributed by atoms with E-state index in [1.807, 2.05) is 0 Å². The smallest absolute Gasteiger partial charge is 0.192 e. The van der Waals surface area contributed by atoms with E-state index in [4.69, 9.17) is 4.43 Å². The molecule has 0 saturated carbocycles. The van der Waals surface area contributed by atoms with Gasteiger partial charge in [0.1, 0.15) is 0 Å². The molecule has 2 rings (SSSR count). The van der Waals surface area contributed by atoms with Crippen molar-refractivity contribution in [3.63, 3.8) is 0 Å². The van der Waals surface area contributed by atoms with Crippen molar-refractivity contribution in [2.75, 3.05) is 13.2 Å². The van der Waals surface area contributed by atoms with Crippen molar-refractivity contribution in [3.8, 4) is 0 Å².